The Labute approximate surface area is 311 Å². The van der Waals surface area contributed by atoms with Crippen LogP contribution in [0.1, 0.15) is 22.8 Å². The number of halogens is 8. The highest BCUT2D eigenvalue weighted by molar-refractivity contribution is 6.04. The molecule has 7 aromatic rings. The zero-order valence-corrected chi connectivity index (χ0v) is 28.5. The SMILES string of the molecule is FC1=C(F)c2nc1c(-c1ccccc1)c1nc(c(-c3ccccc3)c3[nH]c(c(F)c3F)c(-c3ccccc3)c3[nH]c(c(F)c3F)c2-c2ccccc2)C(F)=C1F. The third-order valence-electron chi connectivity index (χ3n) is 9.62. The first-order chi connectivity index (χ1) is 27.2. The highest BCUT2D eigenvalue weighted by atomic mass is 19.2. The summed E-state index contributed by atoms with van der Waals surface area (Å²) in [6, 6.07) is 29.7. The molecule has 3 aromatic heterocycles. The maximum absolute atomic E-state index is 16.5. The second-order valence-corrected chi connectivity index (χ2v) is 12.8. The van der Waals surface area contributed by atoms with Gasteiger partial charge >= 0.3 is 0 Å². The van der Waals surface area contributed by atoms with E-state index in [1.54, 1.807) is 24.3 Å². The second-order valence-electron chi connectivity index (χ2n) is 12.8. The van der Waals surface area contributed by atoms with Crippen molar-refractivity contribution in [2.24, 2.45) is 0 Å². The quantitative estimate of drug-likeness (QED) is 0.176. The highest BCUT2D eigenvalue weighted by Crippen LogP contribution is 2.48. The zero-order valence-electron chi connectivity index (χ0n) is 28.5. The van der Waals surface area contributed by atoms with Gasteiger partial charge in [-0.15, -0.1) is 0 Å². The van der Waals surface area contributed by atoms with E-state index in [-0.39, 0.29) is 22.3 Å². The number of hydrogen-bond donors (Lipinski definition) is 2. The van der Waals surface area contributed by atoms with Gasteiger partial charge < -0.3 is 9.97 Å². The van der Waals surface area contributed by atoms with Gasteiger partial charge in [-0.05, 0) is 22.3 Å². The summed E-state index contributed by atoms with van der Waals surface area (Å²) in [7, 11) is 0. The molecule has 0 saturated carbocycles. The van der Waals surface area contributed by atoms with E-state index < -0.39 is 114 Å². The molecular weight excluding hydrogens is 736 g/mol. The number of hydrogen-bond acceptors (Lipinski definition) is 2. The van der Waals surface area contributed by atoms with Gasteiger partial charge in [-0.2, -0.15) is 0 Å². The molecule has 0 amide bonds. The first-order valence-corrected chi connectivity index (χ1v) is 17.0. The standard InChI is InChI=1S/C44H22F8N4/c45-29-31(47)39-26(22-15-7-2-8-16-22)41-33(49)35(51)43(55-41)28(24-19-11-4-12-20-24)44-36(52)34(50)42(56-44)27(23-17-9-3-10-18-23)40-32(48)30(46)38(54-40)25(37(29)53-39)21-13-5-1-6-14-21/h1-20,53-54H. The van der Waals surface area contributed by atoms with Crippen LogP contribution in [0.5, 0.6) is 0 Å². The summed E-state index contributed by atoms with van der Waals surface area (Å²) >= 11 is 0. The second kappa shape index (κ2) is 13.3. The van der Waals surface area contributed by atoms with Crippen LogP contribution in [-0.2, 0) is 0 Å². The molecule has 0 unspecified atom stereocenters. The number of aromatic amines is 2. The maximum atomic E-state index is 16.5. The van der Waals surface area contributed by atoms with E-state index in [4.69, 9.17) is 0 Å². The van der Waals surface area contributed by atoms with E-state index in [2.05, 4.69) is 19.9 Å². The maximum Gasteiger partial charge on any atom is 0.187 e. The van der Waals surface area contributed by atoms with E-state index in [0.717, 1.165) is 0 Å². The van der Waals surface area contributed by atoms with Gasteiger partial charge in [-0.3, -0.25) is 0 Å². The Balaban J connectivity index is 1.63. The molecule has 5 heterocycles. The van der Waals surface area contributed by atoms with E-state index in [9.17, 15) is 0 Å². The van der Waals surface area contributed by atoms with Gasteiger partial charge in [0.25, 0.3) is 0 Å². The van der Waals surface area contributed by atoms with Crippen LogP contribution in [-0.4, -0.2) is 19.9 Å². The van der Waals surface area contributed by atoms with Crippen molar-refractivity contribution in [1.29, 1.82) is 0 Å². The predicted molar refractivity (Wildman–Crippen MR) is 201 cm³/mol. The van der Waals surface area contributed by atoms with E-state index in [0.29, 0.717) is 0 Å². The van der Waals surface area contributed by atoms with Crippen molar-refractivity contribution in [1.82, 2.24) is 19.9 Å². The van der Waals surface area contributed by atoms with E-state index in [1.807, 2.05) is 0 Å². The molecule has 2 aliphatic rings. The van der Waals surface area contributed by atoms with E-state index in [1.165, 1.54) is 97.1 Å². The largest absolute Gasteiger partial charge is 0.349 e. The highest BCUT2D eigenvalue weighted by Gasteiger charge is 2.35. The van der Waals surface area contributed by atoms with Crippen molar-refractivity contribution in [3.63, 3.8) is 0 Å². The van der Waals surface area contributed by atoms with Crippen LogP contribution in [0.2, 0.25) is 0 Å². The molecule has 0 atom stereocenters. The molecule has 2 aliphatic heterocycles. The van der Waals surface area contributed by atoms with Crippen LogP contribution in [0.15, 0.2) is 121 Å². The van der Waals surface area contributed by atoms with Crippen molar-refractivity contribution in [2.45, 2.75) is 0 Å². The minimum absolute atomic E-state index is 0.0166. The average Bonchev–Trinajstić information content (AvgIpc) is 3.89. The first kappa shape index (κ1) is 34.7. The minimum Gasteiger partial charge on any atom is -0.349 e. The van der Waals surface area contributed by atoms with Crippen molar-refractivity contribution in [3.05, 3.63) is 167 Å². The van der Waals surface area contributed by atoms with Crippen molar-refractivity contribution in [3.8, 4) is 44.5 Å². The number of aromatic nitrogens is 4. The molecule has 0 aliphatic carbocycles. The normalized spacial score (nSPS) is 12.9. The monoisotopic (exact) mass is 758 g/mol. The molecule has 0 saturated heterocycles. The molecule has 4 aromatic carbocycles. The lowest BCUT2D eigenvalue weighted by atomic mass is 10.0. The Kier molecular flexibility index (Phi) is 8.26. The molecule has 0 spiro atoms. The molecule has 274 valence electrons. The smallest absolute Gasteiger partial charge is 0.187 e. The molecular formula is C44H22F8N4. The fraction of sp³-hybridized carbons (Fsp3) is 0. The number of H-pyrrole nitrogens is 2. The Morgan fingerprint density at radius 3 is 0.821 bits per heavy atom. The molecule has 4 nitrogen and oxygen atoms in total. The molecule has 9 rings (SSSR count). The van der Waals surface area contributed by atoms with Crippen molar-refractivity contribution >= 4 is 45.4 Å². The molecule has 12 heteroatoms. The fourth-order valence-electron chi connectivity index (χ4n) is 7.11. The van der Waals surface area contributed by atoms with Crippen molar-refractivity contribution < 1.29 is 35.1 Å². The summed E-state index contributed by atoms with van der Waals surface area (Å²) in [6.07, 6.45) is 0. The molecule has 0 radical (unpaired) electrons. The Bertz CT molecular complexity index is 2810. The summed E-state index contributed by atoms with van der Waals surface area (Å²) in [5.74, 6) is -12.8. The van der Waals surface area contributed by atoms with Crippen LogP contribution in [0.3, 0.4) is 0 Å². The van der Waals surface area contributed by atoms with Gasteiger partial charge in [-0.1, -0.05) is 121 Å². The van der Waals surface area contributed by atoms with Gasteiger partial charge in [0.1, 0.15) is 22.8 Å². The summed E-state index contributed by atoms with van der Waals surface area (Å²) < 4.78 is 132. The summed E-state index contributed by atoms with van der Waals surface area (Å²) in [4.78, 5) is 13.7. The Morgan fingerprint density at radius 2 is 0.518 bits per heavy atom. The summed E-state index contributed by atoms with van der Waals surface area (Å²) in [5.41, 5.74) is -7.86. The molecule has 8 bridgehead atoms. The van der Waals surface area contributed by atoms with Crippen LogP contribution >= 0.6 is 0 Å². The topological polar surface area (TPSA) is 57.4 Å². The Hall–Kier alpha value is -7.08. The van der Waals surface area contributed by atoms with E-state index >= 15 is 35.1 Å². The first-order valence-electron chi connectivity index (χ1n) is 17.0. The third-order valence-corrected chi connectivity index (χ3v) is 9.62. The van der Waals surface area contributed by atoms with Crippen LogP contribution in [0.25, 0.3) is 89.9 Å². The lowest BCUT2D eigenvalue weighted by Crippen LogP contribution is -1.93. The lowest BCUT2D eigenvalue weighted by molar-refractivity contribution is 0.527. The zero-order chi connectivity index (χ0) is 38.8. The summed E-state index contributed by atoms with van der Waals surface area (Å²) in [5, 5.41) is 0. The Morgan fingerprint density at radius 1 is 0.286 bits per heavy atom. The van der Waals surface area contributed by atoms with Crippen LogP contribution in [0, 0.1) is 23.3 Å². The van der Waals surface area contributed by atoms with Gasteiger partial charge in [0.05, 0.1) is 22.1 Å². The lowest BCUT2D eigenvalue weighted by Gasteiger charge is -2.07. The number of benzene rings is 4. The van der Waals surface area contributed by atoms with Crippen LogP contribution in [0.4, 0.5) is 35.1 Å². The van der Waals surface area contributed by atoms with Crippen molar-refractivity contribution in [2.75, 3.05) is 0 Å². The minimum atomic E-state index is -1.63. The molecule has 56 heavy (non-hydrogen) atoms. The molecule has 2 N–H and O–H groups in total. The number of fused-ring (bicyclic) bond motifs is 8. The van der Waals surface area contributed by atoms with Gasteiger partial charge in [-0.25, -0.2) is 45.1 Å². The van der Waals surface area contributed by atoms with Gasteiger partial charge in [0, 0.05) is 22.3 Å². The predicted octanol–water partition coefficient (Wildman–Crippen LogP) is 13.1. The number of rotatable bonds is 4. The summed E-state index contributed by atoms with van der Waals surface area (Å²) in [6.45, 7) is 0. The number of nitrogens with one attached hydrogen (secondary N) is 2. The number of nitrogens with zero attached hydrogens (tertiary/aromatic N) is 2. The molecule has 0 fully saturated rings. The average molecular weight is 759 g/mol. The van der Waals surface area contributed by atoms with Crippen LogP contribution < -0.4 is 0 Å². The third kappa shape index (κ3) is 5.28. The van der Waals surface area contributed by atoms with Gasteiger partial charge in [0.15, 0.2) is 46.6 Å². The fourth-order valence-corrected chi connectivity index (χ4v) is 7.11. The van der Waals surface area contributed by atoms with Gasteiger partial charge in [0.2, 0.25) is 0 Å².